The van der Waals surface area contributed by atoms with Gasteiger partial charge in [0.15, 0.2) is 0 Å². The second-order valence-electron chi connectivity index (χ2n) is 5.20. The van der Waals surface area contributed by atoms with Gasteiger partial charge in [-0.05, 0) is 36.5 Å². The molecule has 1 aliphatic rings. The smallest absolute Gasteiger partial charge is 0.392 e. The van der Waals surface area contributed by atoms with E-state index in [1.807, 2.05) is 0 Å². The highest BCUT2D eigenvalue weighted by Gasteiger charge is 2.30. The average Bonchev–Trinajstić information content (AvgIpc) is 3.22. The van der Waals surface area contributed by atoms with Crippen LogP contribution >= 0.6 is 0 Å². The molecule has 1 fully saturated rings. The van der Waals surface area contributed by atoms with E-state index >= 15 is 0 Å². The Balaban J connectivity index is 1.81. The molecule has 2 atom stereocenters. The van der Waals surface area contributed by atoms with Gasteiger partial charge in [0.2, 0.25) is 0 Å². The predicted molar refractivity (Wildman–Crippen MR) is 68.0 cm³/mol. The highest BCUT2D eigenvalue weighted by molar-refractivity contribution is 5.26. The van der Waals surface area contributed by atoms with E-state index in [1.54, 1.807) is 0 Å². The highest BCUT2D eigenvalue weighted by Crippen LogP contribution is 2.32. The maximum Gasteiger partial charge on any atom is 0.416 e. The molecule has 1 aromatic carbocycles. The number of hydrogen-bond acceptors (Lipinski definition) is 3. The minimum Gasteiger partial charge on any atom is -0.392 e. The first-order valence-electron chi connectivity index (χ1n) is 6.62. The van der Waals surface area contributed by atoms with E-state index in [9.17, 15) is 23.4 Å². The van der Waals surface area contributed by atoms with Gasteiger partial charge in [0, 0.05) is 13.1 Å². The van der Waals surface area contributed by atoms with Gasteiger partial charge in [0.05, 0.1) is 17.8 Å². The summed E-state index contributed by atoms with van der Waals surface area (Å²) >= 11 is 0. The van der Waals surface area contributed by atoms with Crippen molar-refractivity contribution in [3.05, 3.63) is 35.4 Å². The van der Waals surface area contributed by atoms with Crippen molar-refractivity contribution < 1.29 is 23.4 Å². The summed E-state index contributed by atoms with van der Waals surface area (Å²) in [6.07, 6.45) is -3.59. The van der Waals surface area contributed by atoms with Crippen LogP contribution in [0.25, 0.3) is 0 Å². The van der Waals surface area contributed by atoms with Crippen molar-refractivity contribution in [1.82, 2.24) is 5.32 Å². The molecule has 2 rings (SSSR count). The Morgan fingerprint density at radius 3 is 2.20 bits per heavy atom. The topological polar surface area (TPSA) is 52.5 Å². The first-order chi connectivity index (χ1) is 9.38. The van der Waals surface area contributed by atoms with Crippen LogP contribution in [0.4, 0.5) is 13.2 Å². The molecule has 20 heavy (non-hydrogen) atoms. The summed E-state index contributed by atoms with van der Waals surface area (Å²) < 4.78 is 37.2. The number of nitrogens with one attached hydrogen (secondary N) is 1. The van der Waals surface area contributed by atoms with Crippen LogP contribution in [0.2, 0.25) is 0 Å². The Morgan fingerprint density at radius 1 is 1.10 bits per heavy atom. The van der Waals surface area contributed by atoms with E-state index < -0.39 is 23.9 Å². The van der Waals surface area contributed by atoms with Gasteiger partial charge >= 0.3 is 6.18 Å². The van der Waals surface area contributed by atoms with Crippen molar-refractivity contribution in [2.75, 3.05) is 13.1 Å². The van der Waals surface area contributed by atoms with E-state index in [4.69, 9.17) is 0 Å². The summed E-state index contributed by atoms with van der Waals surface area (Å²) in [4.78, 5) is 0. The zero-order valence-corrected chi connectivity index (χ0v) is 10.9. The van der Waals surface area contributed by atoms with Gasteiger partial charge in [-0.15, -0.1) is 0 Å². The van der Waals surface area contributed by atoms with Crippen molar-refractivity contribution in [3.8, 4) is 0 Å². The van der Waals surface area contributed by atoms with E-state index in [0.717, 1.165) is 25.0 Å². The molecule has 2 unspecified atom stereocenters. The summed E-state index contributed by atoms with van der Waals surface area (Å²) in [5, 5.41) is 22.4. The molecule has 0 heterocycles. The molecule has 0 aliphatic heterocycles. The zero-order chi connectivity index (χ0) is 14.8. The fourth-order valence-corrected chi connectivity index (χ4v) is 2.03. The summed E-state index contributed by atoms with van der Waals surface area (Å²) in [6, 6.07) is 4.45. The molecule has 1 aliphatic carbocycles. The molecule has 1 saturated carbocycles. The van der Waals surface area contributed by atoms with E-state index in [0.29, 0.717) is 18.0 Å². The maximum atomic E-state index is 12.4. The lowest BCUT2D eigenvalue weighted by Gasteiger charge is -2.15. The lowest BCUT2D eigenvalue weighted by molar-refractivity contribution is -0.137. The quantitative estimate of drug-likeness (QED) is 0.751. The monoisotopic (exact) mass is 289 g/mol. The van der Waals surface area contributed by atoms with Crippen molar-refractivity contribution >= 4 is 0 Å². The van der Waals surface area contributed by atoms with Crippen LogP contribution in [0.15, 0.2) is 24.3 Å². The van der Waals surface area contributed by atoms with Crippen molar-refractivity contribution in [3.63, 3.8) is 0 Å². The fourth-order valence-electron chi connectivity index (χ4n) is 2.03. The number of alkyl halides is 3. The standard InChI is InChI=1S/C14H18F3NO2/c15-14(16,17)11-5-3-10(4-6-11)13(20)8-18-7-12(19)9-1-2-9/h3-6,9,12-13,18-20H,1-2,7-8H2. The normalized spacial score (nSPS) is 18.9. The highest BCUT2D eigenvalue weighted by atomic mass is 19.4. The lowest BCUT2D eigenvalue weighted by Crippen LogP contribution is -2.31. The third kappa shape index (κ3) is 4.19. The summed E-state index contributed by atoms with van der Waals surface area (Å²) in [5.74, 6) is 0.353. The first kappa shape index (κ1) is 15.3. The minimum atomic E-state index is -4.36. The molecule has 3 nitrogen and oxygen atoms in total. The molecule has 1 aromatic rings. The average molecular weight is 289 g/mol. The summed E-state index contributed by atoms with van der Waals surface area (Å²) in [5.41, 5.74) is -0.308. The summed E-state index contributed by atoms with van der Waals surface area (Å²) in [6.45, 7) is 0.595. The Hall–Kier alpha value is -1.11. The van der Waals surface area contributed by atoms with Crippen LogP contribution < -0.4 is 5.32 Å². The molecular formula is C14H18F3NO2. The van der Waals surface area contributed by atoms with Crippen LogP contribution in [0.1, 0.15) is 30.1 Å². The minimum absolute atomic E-state index is 0.204. The lowest BCUT2D eigenvalue weighted by atomic mass is 10.1. The number of aliphatic hydroxyl groups excluding tert-OH is 2. The molecule has 3 N–H and O–H groups in total. The Bertz CT molecular complexity index is 429. The van der Waals surface area contributed by atoms with Crippen LogP contribution in [0.3, 0.4) is 0 Å². The number of benzene rings is 1. The second-order valence-corrected chi connectivity index (χ2v) is 5.20. The Morgan fingerprint density at radius 2 is 1.70 bits per heavy atom. The maximum absolute atomic E-state index is 12.4. The third-order valence-corrected chi connectivity index (χ3v) is 3.48. The molecule has 0 spiro atoms. The van der Waals surface area contributed by atoms with Gasteiger partial charge in [0.1, 0.15) is 0 Å². The zero-order valence-electron chi connectivity index (χ0n) is 10.9. The van der Waals surface area contributed by atoms with Gasteiger partial charge in [-0.3, -0.25) is 0 Å². The number of rotatable bonds is 6. The van der Waals surface area contributed by atoms with E-state index in [-0.39, 0.29) is 6.54 Å². The Labute approximate surface area is 115 Å². The number of hydrogen-bond donors (Lipinski definition) is 3. The van der Waals surface area contributed by atoms with Gasteiger partial charge < -0.3 is 15.5 Å². The largest absolute Gasteiger partial charge is 0.416 e. The van der Waals surface area contributed by atoms with Crippen LogP contribution in [-0.2, 0) is 6.18 Å². The van der Waals surface area contributed by atoms with Gasteiger partial charge in [0.25, 0.3) is 0 Å². The number of aliphatic hydroxyl groups is 2. The van der Waals surface area contributed by atoms with E-state index in [1.165, 1.54) is 12.1 Å². The van der Waals surface area contributed by atoms with Crippen LogP contribution in [0.5, 0.6) is 0 Å². The first-order valence-corrected chi connectivity index (χ1v) is 6.62. The molecule has 0 radical (unpaired) electrons. The molecule has 112 valence electrons. The molecule has 0 amide bonds. The fraction of sp³-hybridized carbons (Fsp3) is 0.571. The van der Waals surface area contributed by atoms with Crippen molar-refractivity contribution in [1.29, 1.82) is 0 Å². The molecular weight excluding hydrogens is 271 g/mol. The van der Waals surface area contributed by atoms with Gasteiger partial charge in [-0.2, -0.15) is 13.2 Å². The molecule has 6 heteroatoms. The van der Waals surface area contributed by atoms with E-state index in [2.05, 4.69) is 5.32 Å². The SMILES string of the molecule is OC(CNCC(O)C1CC1)c1ccc(C(F)(F)F)cc1. The van der Waals surface area contributed by atoms with Crippen LogP contribution in [-0.4, -0.2) is 29.4 Å². The Kier molecular flexibility index (Phi) is 4.67. The van der Waals surface area contributed by atoms with Crippen molar-refractivity contribution in [2.24, 2.45) is 5.92 Å². The van der Waals surface area contributed by atoms with Crippen LogP contribution in [0, 0.1) is 5.92 Å². The second kappa shape index (κ2) is 6.11. The third-order valence-electron chi connectivity index (χ3n) is 3.48. The predicted octanol–water partition coefficient (Wildman–Crippen LogP) is 2.10. The van der Waals surface area contributed by atoms with Gasteiger partial charge in [-0.1, -0.05) is 12.1 Å². The van der Waals surface area contributed by atoms with Gasteiger partial charge in [-0.25, -0.2) is 0 Å². The molecule has 0 aromatic heterocycles. The number of halogens is 3. The molecule has 0 bridgehead atoms. The molecule has 0 saturated heterocycles. The van der Waals surface area contributed by atoms with Crippen molar-refractivity contribution in [2.45, 2.75) is 31.2 Å². The summed E-state index contributed by atoms with van der Waals surface area (Å²) in [7, 11) is 0.